The highest BCUT2D eigenvalue weighted by Crippen LogP contribution is 2.29. The summed E-state index contributed by atoms with van der Waals surface area (Å²) < 4.78 is 4.98. The van der Waals surface area contributed by atoms with Gasteiger partial charge in [-0.3, -0.25) is 9.59 Å². The SMILES string of the molecule is CCOC(=O)C(C(=O)N(CC)CCO)C(C)(C)C. The first-order valence-electron chi connectivity index (χ1n) is 6.35. The summed E-state index contributed by atoms with van der Waals surface area (Å²) in [5.74, 6) is -1.60. The molecular weight excluding hydrogens is 234 g/mol. The molecule has 0 saturated carbocycles. The van der Waals surface area contributed by atoms with Crippen molar-refractivity contribution >= 4 is 11.9 Å². The van der Waals surface area contributed by atoms with Crippen LogP contribution in [0.1, 0.15) is 34.6 Å². The average Bonchev–Trinajstić information content (AvgIpc) is 2.24. The Bertz CT molecular complexity index is 283. The third-order valence-corrected chi connectivity index (χ3v) is 2.70. The molecule has 0 spiro atoms. The van der Waals surface area contributed by atoms with E-state index in [2.05, 4.69) is 0 Å². The van der Waals surface area contributed by atoms with Crippen LogP contribution >= 0.6 is 0 Å². The van der Waals surface area contributed by atoms with Crippen molar-refractivity contribution < 1.29 is 19.4 Å². The maximum absolute atomic E-state index is 12.3. The van der Waals surface area contributed by atoms with Gasteiger partial charge in [0.2, 0.25) is 5.91 Å². The molecule has 106 valence electrons. The molecule has 1 amide bonds. The topological polar surface area (TPSA) is 66.8 Å². The minimum atomic E-state index is -0.830. The van der Waals surface area contributed by atoms with Crippen molar-refractivity contribution in [2.75, 3.05) is 26.3 Å². The summed E-state index contributed by atoms with van der Waals surface area (Å²) in [5.41, 5.74) is -0.508. The number of carbonyl (C=O) groups is 2. The van der Waals surface area contributed by atoms with Crippen LogP contribution in [-0.2, 0) is 14.3 Å². The van der Waals surface area contributed by atoms with E-state index in [4.69, 9.17) is 9.84 Å². The molecule has 0 aromatic carbocycles. The lowest BCUT2D eigenvalue weighted by Gasteiger charge is -2.32. The highest BCUT2D eigenvalue weighted by atomic mass is 16.5. The molecule has 0 heterocycles. The highest BCUT2D eigenvalue weighted by molar-refractivity contribution is 5.98. The number of nitrogens with zero attached hydrogens (tertiary/aromatic N) is 1. The molecule has 0 radical (unpaired) electrons. The van der Waals surface area contributed by atoms with Crippen LogP contribution in [0.5, 0.6) is 0 Å². The Morgan fingerprint density at radius 3 is 2.17 bits per heavy atom. The third-order valence-electron chi connectivity index (χ3n) is 2.70. The minimum Gasteiger partial charge on any atom is -0.465 e. The predicted octanol–water partition coefficient (Wildman–Crippen LogP) is 1.05. The molecule has 0 fully saturated rings. The summed E-state index contributed by atoms with van der Waals surface area (Å²) in [5, 5.41) is 8.93. The Balaban J connectivity index is 5.07. The quantitative estimate of drug-likeness (QED) is 0.572. The molecule has 0 saturated heterocycles. The number of aliphatic hydroxyl groups is 1. The fourth-order valence-corrected chi connectivity index (χ4v) is 1.78. The first kappa shape index (κ1) is 16.9. The van der Waals surface area contributed by atoms with Crippen LogP contribution in [-0.4, -0.2) is 48.2 Å². The first-order chi connectivity index (χ1) is 8.29. The Labute approximate surface area is 109 Å². The van der Waals surface area contributed by atoms with E-state index in [1.54, 1.807) is 6.92 Å². The van der Waals surface area contributed by atoms with E-state index >= 15 is 0 Å². The van der Waals surface area contributed by atoms with E-state index in [1.807, 2.05) is 27.7 Å². The van der Waals surface area contributed by atoms with E-state index < -0.39 is 17.3 Å². The Morgan fingerprint density at radius 2 is 1.83 bits per heavy atom. The van der Waals surface area contributed by atoms with Gasteiger partial charge in [0.05, 0.1) is 13.2 Å². The van der Waals surface area contributed by atoms with Crippen LogP contribution in [0.25, 0.3) is 0 Å². The van der Waals surface area contributed by atoms with Crippen molar-refractivity contribution in [2.45, 2.75) is 34.6 Å². The van der Waals surface area contributed by atoms with Crippen molar-refractivity contribution in [3.05, 3.63) is 0 Å². The van der Waals surface area contributed by atoms with Crippen LogP contribution in [0.15, 0.2) is 0 Å². The number of hydrogen-bond donors (Lipinski definition) is 1. The van der Waals surface area contributed by atoms with Crippen molar-refractivity contribution in [2.24, 2.45) is 11.3 Å². The summed E-state index contributed by atoms with van der Waals surface area (Å²) in [6.45, 7) is 9.88. The lowest BCUT2D eigenvalue weighted by Crippen LogP contribution is -2.46. The van der Waals surface area contributed by atoms with E-state index in [1.165, 1.54) is 4.90 Å². The lowest BCUT2D eigenvalue weighted by molar-refractivity contribution is -0.160. The molecule has 0 aromatic heterocycles. The van der Waals surface area contributed by atoms with Crippen LogP contribution in [0.3, 0.4) is 0 Å². The zero-order valence-electron chi connectivity index (χ0n) is 12.0. The molecule has 1 N–H and O–H groups in total. The van der Waals surface area contributed by atoms with Crippen LogP contribution in [0.4, 0.5) is 0 Å². The normalized spacial score (nSPS) is 13.0. The second kappa shape index (κ2) is 7.36. The monoisotopic (exact) mass is 259 g/mol. The molecule has 0 aliphatic carbocycles. The summed E-state index contributed by atoms with van der Waals surface area (Å²) in [6.07, 6.45) is 0. The van der Waals surface area contributed by atoms with Crippen molar-refractivity contribution in [1.29, 1.82) is 0 Å². The molecule has 0 rings (SSSR count). The summed E-state index contributed by atoms with van der Waals surface area (Å²) in [6, 6.07) is 0. The molecule has 5 nitrogen and oxygen atoms in total. The fraction of sp³-hybridized carbons (Fsp3) is 0.846. The molecule has 1 atom stereocenters. The molecule has 18 heavy (non-hydrogen) atoms. The van der Waals surface area contributed by atoms with Gasteiger partial charge in [0, 0.05) is 13.1 Å². The molecule has 0 aliphatic heterocycles. The third kappa shape index (κ3) is 4.64. The van der Waals surface area contributed by atoms with Gasteiger partial charge in [0.1, 0.15) is 5.92 Å². The van der Waals surface area contributed by atoms with Gasteiger partial charge in [-0.25, -0.2) is 0 Å². The van der Waals surface area contributed by atoms with Crippen molar-refractivity contribution in [1.82, 2.24) is 4.90 Å². The molecule has 0 aromatic rings. The molecule has 0 aliphatic rings. The second-order valence-electron chi connectivity index (χ2n) is 5.19. The van der Waals surface area contributed by atoms with E-state index in [9.17, 15) is 9.59 Å². The number of likely N-dealkylation sites (N-methyl/N-ethyl adjacent to an activating group) is 1. The number of amides is 1. The van der Waals surface area contributed by atoms with Gasteiger partial charge in [-0.05, 0) is 19.3 Å². The van der Waals surface area contributed by atoms with Crippen molar-refractivity contribution in [3.8, 4) is 0 Å². The van der Waals surface area contributed by atoms with E-state index in [0.29, 0.717) is 6.54 Å². The van der Waals surface area contributed by atoms with Gasteiger partial charge in [-0.1, -0.05) is 20.8 Å². The number of ether oxygens (including phenoxy) is 1. The average molecular weight is 259 g/mol. The van der Waals surface area contributed by atoms with Crippen molar-refractivity contribution in [3.63, 3.8) is 0 Å². The number of hydrogen-bond acceptors (Lipinski definition) is 4. The molecule has 5 heteroatoms. The number of carbonyl (C=O) groups excluding carboxylic acids is 2. The summed E-state index contributed by atoms with van der Waals surface area (Å²) in [4.78, 5) is 25.7. The van der Waals surface area contributed by atoms with Crippen LogP contribution in [0, 0.1) is 11.3 Å². The first-order valence-corrected chi connectivity index (χ1v) is 6.35. The predicted molar refractivity (Wildman–Crippen MR) is 68.9 cm³/mol. The summed E-state index contributed by atoms with van der Waals surface area (Å²) >= 11 is 0. The van der Waals surface area contributed by atoms with Gasteiger partial charge in [-0.15, -0.1) is 0 Å². The maximum Gasteiger partial charge on any atom is 0.319 e. The zero-order valence-corrected chi connectivity index (χ0v) is 12.0. The Morgan fingerprint density at radius 1 is 1.28 bits per heavy atom. The lowest BCUT2D eigenvalue weighted by atomic mass is 9.79. The van der Waals surface area contributed by atoms with Gasteiger partial charge < -0.3 is 14.7 Å². The molecule has 1 unspecified atom stereocenters. The fourth-order valence-electron chi connectivity index (χ4n) is 1.78. The molecular formula is C13H25NO4. The van der Waals surface area contributed by atoms with Crippen LogP contribution in [0.2, 0.25) is 0 Å². The van der Waals surface area contributed by atoms with Gasteiger partial charge in [0.15, 0.2) is 0 Å². The van der Waals surface area contributed by atoms with Gasteiger partial charge in [-0.2, -0.15) is 0 Å². The number of rotatable bonds is 6. The smallest absolute Gasteiger partial charge is 0.319 e. The number of aliphatic hydroxyl groups excluding tert-OH is 1. The van der Waals surface area contributed by atoms with Gasteiger partial charge >= 0.3 is 5.97 Å². The minimum absolute atomic E-state index is 0.112. The largest absolute Gasteiger partial charge is 0.465 e. The maximum atomic E-state index is 12.3. The Kier molecular flexibility index (Phi) is 6.91. The van der Waals surface area contributed by atoms with E-state index in [0.717, 1.165) is 0 Å². The zero-order chi connectivity index (χ0) is 14.3. The van der Waals surface area contributed by atoms with Crippen LogP contribution < -0.4 is 0 Å². The highest BCUT2D eigenvalue weighted by Gasteiger charge is 2.40. The van der Waals surface area contributed by atoms with Gasteiger partial charge in [0.25, 0.3) is 0 Å². The summed E-state index contributed by atoms with van der Waals surface area (Å²) in [7, 11) is 0. The van der Waals surface area contributed by atoms with E-state index in [-0.39, 0.29) is 25.7 Å². The number of esters is 1. The standard InChI is InChI=1S/C13H25NO4/c1-6-14(8-9-15)11(16)10(13(3,4)5)12(17)18-7-2/h10,15H,6-9H2,1-5H3. The molecule has 0 bridgehead atoms. The Hall–Kier alpha value is -1.10. The second-order valence-corrected chi connectivity index (χ2v) is 5.19.